The van der Waals surface area contributed by atoms with E-state index in [1.807, 2.05) is 12.1 Å². The number of anilines is 1. The molecule has 2 nitrogen and oxygen atoms in total. The van der Waals surface area contributed by atoms with E-state index in [2.05, 4.69) is 40.3 Å². The molecule has 0 spiro atoms. The monoisotopic (exact) mass is 365 g/mol. The number of carbonyl (C=O) groups is 1. The average molecular weight is 367 g/mol. The number of hydrogen-bond donors (Lipinski definition) is 1. The van der Waals surface area contributed by atoms with Gasteiger partial charge in [-0.1, -0.05) is 37.1 Å². The van der Waals surface area contributed by atoms with Crippen molar-refractivity contribution in [3.05, 3.63) is 63.1 Å². The molecule has 0 unspecified atom stereocenters. The van der Waals surface area contributed by atoms with E-state index >= 15 is 0 Å². The third-order valence-electron chi connectivity index (χ3n) is 3.21. The lowest BCUT2D eigenvalue weighted by molar-refractivity contribution is 0.102. The largest absolute Gasteiger partial charge is 0.322 e. The number of benzene rings is 2. The van der Waals surface area contributed by atoms with Crippen LogP contribution in [-0.2, 0) is 6.42 Å². The van der Waals surface area contributed by atoms with Crippen LogP contribution in [0.1, 0.15) is 35.7 Å². The van der Waals surface area contributed by atoms with Gasteiger partial charge in [0.25, 0.3) is 5.91 Å². The topological polar surface area (TPSA) is 29.1 Å². The minimum atomic E-state index is -0.145. The number of unbranched alkanes of at least 4 members (excludes halogenated alkanes) is 1. The Bertz CT molecular complexity index is 625. The van der Waals surface area contributed by atoms with Crippen molar-refractivity contribution >= 4 is 39.1 Å². The van der Waals surface area contributed by atoms with Gasteiger partial charge >= 0.3 is 0 Å². The van der Waals surface area contributed by atoms with E-state index in [1.165, 1.54) is 18.4 Å². The highest BCUT2D eigenvalue weighted by atomic mass is 79.9. The molecule has 2 aromatic rings. The summed E-state index contributed by atoms with van der Waals surface area (Å²) in [4.78, 5) is 12.2. The molecule has 1 amide bonds. The molecule has 0 aliphatic rings. The number of aryl methyl sites for hydroxylation is 1. The third-order valence-corrected chi connectivity index (χ3v) is 4.43. The Kier molecular flexibility index (Phi) is 5.83. The highest BCUT2D eigenvalue weighted by molar-refractivity contribution is 9.10. The Hall–Kier alpha value is -1.32. The summed E-state index contributed by atoms with van der Waals surface area (Å²) in [6.07, 6.45) is 3.45. The molecule has 0 radical (unpaired) electrons. The van der Waals surface area contributed by atoms with Crippen LogP contribution in [0, 0.1) is 0 Å². The van der Waals surface area contributed by atoms with Crippen LogP contribution >= 0.6 is 27.5 Å². The lowest BCUT2D eigenvalue weighted by Crippen LogP contribution is -2.11. The first-order valence-electron chi connectivity index (χ1n) is 6.95. The number of nitrogens with one attached hydrogen (secondary N) is 1. The van der Waals surface area contributed by atoms with Gasteiger partial charge in [0, 0.05) is 15.7 Å². The van der Waals surface area contributed by atoms with Crippen molar-refractivity contribution in [1.82, 2.24) is 0 Å². The van der Waals surface area contributed by atoms with Crippen molar-refractivity contribution < 1.29 is 4.79 Å². The van der Waals surface area contributed by atoms with Crippen molar-refractivity contribution in [3.8, 4) is 0 Å². The normalized spacial score (nSPS) is 10.4. The molecule has 4 heteroatoms. The molecule has 0 saturated heterocycles. The molecule has 1 N–H and O–H groups in total. The molecule has 2 aromatic carbocycles. The molecule has 0 aliphatic carbocycles. The number of halogens is 2. The van der Waals surface area contributed by atoms with E-state index < -0.39 is 0 Å². The summed E-state index contributed by atoms with van der Waals surface area (Å²) in [5.41, 5.74) is 2.66. The van der Waals surface area contributed by atoms with E-state index in [1.54, 1.807) is 18.2 Å². The Balaban J connectivity index is 2.03. The van der Waals surface area contributed by atoms with E-state index in [0.717, 1.165) is 12.1 Å². The second kappa shape index (κ2) is 7.62. The fraction of sp³-hybridized carbons (Fsp3) is 0.235. The maximum atomic E-state index is 12.2. The molecule has 0 heterocycles. The van der Waals surface area contributed by atoms with Crippen LogP contribution in [0.5, 0.6) is 0 Å². The maximum Gasteiger partial charge on any atom is 0.255 e. The number of amides is 1. The van der Waals surface area contributed by atoms with Crippen molar-refractivity contribution in [2.24, 2.45) is 0 Å². The molecular formula is C17H17BrClNO. The van der Waals surface area contributed by atoms with Gasteiger partial charge in [-0.2, -0.15) is 0 Å². The molecule has 0 aromatic heterocycles. The number of carbonyl (C=O) groups excluding carboxylic acids is 1. The van der Waals surface area contributed by atoms with Crippen LogP contribution in [0.15, 0.2) is 46.9 Å². The van der Waals surface area contributed by atoms with Crippen molar-refractivity contribution in [1.29, 1.82) is 0 Å². The third kappa shape index (κ3) is 4.58. The molecule has 110 valence electrons. The van der Waals surface area contributed by atoms with Gasteiger partial charge in [0.15, 0.2) is 0 Å². The second-order valence-corrected chi connectivity index (χ2v) is 6.15. The quantitative estimate of drug-likeness (QED) is 0.723. The standard InChI is InChI=1S/C17H17BrClNO/c1-2-3-4-12-5-8-14(9-6-12)20-17(21)13-7-10-16(19)15(18)11-13/h5-11H,2-4H2,1H3,(H,20,21). The molecule has 0 atom stereocenters. The summed E-state index contributed by atoms with van der Waals surface area (Å²) in [7, 11) is 0. The first-order valence-corrected chi connectivity index (χ1v) is 8.12. The van der Waals surface area contributed by atoms with Gasteiger partial charge in [-0.3, -0.25) is 4.79 Å². The highest BCUT2D eigenvalue weighted by Gasteiger charge is 2.08. The summed E-state index contributed by atoms with van der Waals surface area (Å²) in [6.45, 7) is 2.18. The molecule has 0 aliphatic heterocycles. The Morgan fingerprint density at radius 2 is 1.90 bits per heavy atom. The van der Waals surface area contributed by atoms with E-state index in [4.69, 9.17) is 11.6 Å². The van der Waals surface area contributed by atoms with Gasteiger partial charge in [-0.05, 0) is 64.7 Å². The second-order valence-electron chi connectivity index (χ2n) is 4.88. The molecule has 21 heavy (non-hydrogen) atoms. The zero-order valence-electron chi connectivity index (χ0n) is 11.8. The number of hydrogen-bond acceptors (Lipinski definition) is 1. The summed E-state index contributed by atoms with van der Waals surface area (Å²) >= 11 is 9.25. The molecule has 0 bridgehead atoms. The Morgan fingerprint density at radius 3 is 2.52 bits per heavy atom. The predicted octanol–water partition coefficient (Wildman–Crippen LogP) is 5.70. The first kappa shape index (κ1) is 16.1. The van der Waals surface area contributed by atoms with Crippen molar-refractivity contribution in [2.45, 2.75) is 26.2 Å². The minimum Gasteiger partial charge on any atom is -0.322 e. The number of rotatable bonds is 5. The smallest absolute Gasteiger partial charge is 0.255 e. The zero-order valence-corrected chi connectivity index (χ0v) is 14.2. The summed E-state index contributed by atoms with van der Waals surface area (Å²) in [5.74, 6) is -0.145. The van der Waals surface area contributed by atoms with E-state index in [-0.39, 0.29) is 5.91 Å². The van der Waals surface area contributed by atoms with Crippen LogP contribution in [0.25, 0.3) is 0 Å². The molecule has 0 fully saturated rings. The van der Waals surface area contributed by atoms with Gasteiger partial charge < -0.3 is 5.32 Å². The fourth-order valence-electron chi connectivity index (χ4n) is 1.98. The van der Waals surface area contributed by atoms with Crippen molar-refractivity contribution in [2.75, 3.05) is 5.32 Å². The Morgan fingerprint density at radius 1 is 1.19 bits per heavy atom. The lowest BCUT2D eigenvalue weighted by Gasteiger charge is -2.07. The van der Waals surface area contributed by atoms with Crippen LogP contribution in [0.4, 0.5) is 5.69 Å². The first-order chi connectivity index (χ1) is 10.1. The van der Waals surface area contributed by atoms with Gasteiger partial charge in [0.2, 0.25) is 0 Å². The predicted molar refractivity (Wildman–Crippen MR) is 92.2 cm³/mol. The van der Waals surface area contributed by atoms with Gasteiger partial charge in [-0.25, -0.2) is 0 Å². The highest BCUT2D eigenvalue weighted by Crippen LogP contribution is 2.23. The lowest BCUT2D eigenvalue weighted by atomic mass is 10.1. The average Bonchev–Trinajstić information content (AvgIpc) is 2.49. The van der Waals surface area contributed by atoms with Crippen LogP contribution in [-0.4, -0.2) is 5.91 Å². The van der Waals surface area contributed by atoms with Gasteiger partial charge in [-0.15, -0.1) is 0 Å². The maximum absolute atomic E-state index is 12.2. The fourth-order valence-corrected chi connectivity index (χ4v) is 2.47. The summed E-state index contributed by atoms with van der Waals surface area (Å²) in [6, 6.07) is 13.1. The van der Waals surface area contributed by atoms with Gasteiger partial charge in [0.1, 0.15) is 0 Å². The summed E-state index contributed by atoms with van der Waals surface area (Å²) < 4.78 is 0.715. The molecule has 2 rings (SSSR count). The van der Waals surface area contributed by atoms with Crippen LogP contribution in [0.3, 0.4) is 0 Å². The van der Waals surface area contributed by atoms with Gasteiger partial charge in [0.05, 0.1) is 5.02 Å². The Labute approximate surface area is 138 Å². The van der Waals surface area contributed by atoms with Crippen LogP contribution in [0.2, 0.25) is 5.02 Å². The van der Waals surface area contributed by atoms with Crippen molar-refractivity contribution in [3.63, 3.8) is 0 Å². The van der Waals surface area contributed by atoms with E-state index in [9.17, 15) is 4.79 Å². The van der Waals surface area contributed by atoms with Crippen LogP contribution < -0.4 is 5.32 Å². The minimum absolute atomic E-state index is 0.145. The summed E-state index contributed by atoms with van der Waals surface area (Å²) in [5, 5.41) is 3.47. The molecular weight excluding hydrogens is 350 g/mol. The van der Waals surface area contributed by atoms with E-state index in [0.29, 0.717) is 15.1 Å². The zero-order chi connectivity index (χ0) is 15.2. The molecule has 0 saturated carbocycles. The SMILES string of the molecule is CCCCc1ccc(NC(=O)c2ccc(Cl)c(Br)c2)cc1.